The first-order valence-corrected chi connectivity index (χ1v) is 8.55. The van der Waals surface area contributed by atoms with Crippen LogP contribution in [0.3, 0.4) is 0 Å². The molecular weight excluding hydrogens is 362 g/mol. The standard InChI is InChI=1S/C21H21NO6/c1-27-19-8-7-13(9-20(19)28-2)11-22-12-15(14-5-3-4-6-16(14)22)17(23)10-18(24)21(25)26/h3-10,12,17,23-24H,11H2,1-2H3,(H,25,26)/b18-10+. The molecule has 28 heavy (non-hydrogen) atoms. The fourth-order valence-electron chi connectivity index (χ4n) is 3.13. The van der Waals surface area contributed by atoms with Crippen LogP contribution in [-0.2, 0) is 11.3 Å². The second kappa shape index (κ2) is 8.06. The summed E-state index contributed by atoms with van der Waals surface area (Å²) in [5, 5.41) is 29.5. The number of para-hydroxylation sites is 1. The lowest BCUT2D eigenvalue weighted by Gasteiger charge is -2.11. The highest BCUT2D eigenvalue weighted by atomic mass is 16.5. The van der Waals surface area contributed by atoms with Gasteiger partial charge in [-0.1, -0.05) is 24.3 Å². The largest absolute Gasteiger partial charge is 0.502 e. The molecule has 0 amide bonds. The Morgan fingerprint density at radius 3 is 2.50 bits per heavy atom. The fraction of sp³-hybridized carbons (Fsp3) is 0.190. The average molecular weight is 383 g/mol. The number of aliphatic hydroxyl groups excluding tert-OH is 2. The van der Waals surface area contributed by atoms with Crippen LogP contribution < -0.4 is 9.47 Å². The number of nitrogens with zero attached hydrogens (tertiary/aromatic N) is 1. The molecule has 0 aliphatic rings. The summed E-state index contributed by atoms with van der Waals surface area (Å²) in [5.41, 5.74) is 2.33. The predicted octanol–water partition coefficient (Wildman–Crippen LogP) is 3.27. The number of carboxylic acids is 1. The van der Waals surface area contributed by atoms with Crippen LogP contribution in [0.15, 0.2) is 60.5 Å². The number of aliphatic hydroxyl groups is 2. The molecule has 3 rings (SSSR count). The molecular formula is C21H21NO6. The molecule has 3 aromatic rings. The summed E-state index contributed by atoms with van der Waals surface area (Å²) in [5.74, 6) is -1.14. The highest BCUT2D eigenvalue weighted by molar-refractivity contribution is 5.86. The molecule has 1 unspecified atom stereocenters. The maximum atomic E-state index is 10.8. The molecule has 0 aliphatic carbocycles. The molecule has 3 N–H and O–H groups in total. The number of carboxylic acid groups (broad SMARTS) is 1. The summed E-state index contributed by atoms with van der Waals surface area (Å²) in [6.07, 6.45) is 1.40. The first-order chi connectivity index (χ1) is 13.4. The van der Waals surface area contributed by atoms with Crippen molar-refractivity contribution in [1.82, 2.24) is 4.57 Å². The maximum Gasteiger partial charge on any atom is 0.370 e. The second-order valence-corrected chi connectivity index (χ2v) is 6.22. The zero-order chi connectivity index (χ0) is 20.3. The lowest BCUT2D eigenvalue weighted by Crippen LogP contribution is -2.03. The van der Waals surface area contributed by atoms with Gasteiger partial charge in [0.15, 0.2) is 11.5 Å². The molecule has 0 radical (unpaired) electrons. The van der Waals surface area contributed by atoms with Gasteiger partial charge in [0.05, 0.1) is 14.2 Å². The monoisotopic (exact) mass is 383 g/mol. The third kappa shape index (κ3) is 3.79. The van der Waals surface area contributed by atoms with Crippen LogP contribution in [0.25, 0.3) is 10.9 Å². The minimum Gasteiger partial charge on any atom is -0.502 e. The van der Waals surface area contributed by atoms with Crippen LogP contribution in [-0.4, -0.2) is 40.1 Å². The normalized spacial score (nSPS) is 12.8. The Balaban J connectivity index is 2.01. The van der Waals surface area contributed by atoms with E-state index in [4.69, 9.17) is 14.6 Å². The first kappa shape index (κ1) is 19.3. The summed E-state index contributed by atoms with van der Waals surface area (Å²) in [7, 11) is 3.15. The average Bonchev–Trinajstić information content (AvgIpc) is 3.06. The van der Waals surface area contributed by atoms with Crippen molar-refractivity contribution in [1.29, 1.82) is 0 Å². The number of hydrogen-bond acceptors (Lipinski definition) is 5. The fourth-order valence-corrected chi connectivity index (χ4v) is 3.13. The van der Waals surface area contributed by atoms with Crippen molar-refractivity contribution in [2.45, 2.75) is 12.6 Å². The molecule has 0 saturated heterocycles. The van der Waals surface area contributed by atoms with Crippen LogP contribution in [0.4, 0.5) is 0 Å². The summed E-state index contributed by atoms with van der Waals surface area (Å²) in [4.78, 5) is 10.8. The smallest absolute Gasteiger partial charge is 0.370 e. The highest BCUT2D eigenvalue weighted by Crippen LogP contribution is 2.31. The van der Waals surface area contributed by atoms with E-state index in [-0.39, 0.29) is 0 Å². The molecule has 0 spiro atoms. The SMILES string of the molecule is COc1ccc(Cn2cc(C(O)/C=C(/O)C(=O)O)c3ccccc32)cc1OC. The third-order valence-corrected chi connectivity index (χ3v) is 4.47. The topological polar surface area (TPSA) is 101 Å². The zero-order valence-corrected chi connectivity index (χ0v) is 15.5. The number of aromatic nitrogens is 1. The quantitative estimate of drug-likeness (QED) is 0.428. The Labute approximate surface area is 161 Å². The number of carbonyl (C=O) groups is 1. The molecule has 2 aromatic carbocycles. The van der Waals surface area contributed by atoms with Crippen molar-refractivity contribution in [3.8, 4) is 11.5 Å². The Bertz CT molecular complexity index is 1040. The van der Waals surface area contributed by atoms with Crippen molar-refractivity contribution in [2.75, 3.05) is 14.2 Å². The molecule has 0 aliphatic heterocycles. The van der Waals surface area contributed by atoms with Gasteiger partial charge in [-0.3, -0.25) is 0 Å². The van der Waals surface area contributed by atoms with E-state index >= 15 is 0 Å². The van der Waals surface area contributed by atoms with Gasteiger partial charge in [-0.15, -0.1) is 0 Å². The van der Waals surface area contributed by atoms with Gasteiger partial charge in [0.25, 0.3) is 0 Å². The van der Waals surface area contributed by atoms with Crippen LogP contribution >= 0.6 is 0 Å². The molecule has 7 heteroatoms. The van der Waals surface area contributed by atoms with Crippen molar-refractivity contribution >= 4 is 16.9 Å². The van der Waals surface area contributed by atoms with Crippen LogP contribution in [0.5, 0.6) is 11.5 Å². The summed E-state index contributed by atoms with van der Waals surface area (Å²) < 4.78 is 12.6. The van der Waals surface area contributed by atoms with Crippen LogP contribution in [0.1, 0.15) is 17.2 Å². The van der Waals surface area contributed by atoms with E-state index in [1.807, 2.05) is 47.0 Å². The Morgan fingerprint density at radius 1 is 1.11 bits per heavy atom. The highest BCUT2D eigenvalue weighted by Gasteiger charge is 2.17. The minimum atomic E-state index is -1.49. The second-order valence-electron chi connectivity index (χ2n) is 6.22. The van der Waals surface area contributed by atoms with Crippen molar-refractivity contribution in [3.63, 3.8) is 0 Å². The van der Waals surface area contributed by atoms with Gasteiger partial charge >= 0.3 is 5.97 Å². The van der Waals surface area contributed by atoms with E-state index in [1.165, 1.54) is 0 Å². The van der Waals surface area contributed by atoms with Crippen molar-refractivity contribution < 1.29 is 29.6 Å². The first-order valence-electron chi connectivity index (χ1n) is 8.55. The Hall–Kier alpha value is -3.45. The van der Waals surface area contributed by atoms with Gasteiger partial charge in [0.2, 0.25) is 5.76 Å². The van der Waals surface area contributed by atoms with Gasteiger partial charge in [0.1, 0.15) is 6.10 Å². The number of rotatable bonds is 7. The van der Waals surface area contributed by atoms with Gasteiger partial charge in [0, 0.05) is 29.2 Å². The van der Waals surface area contributed by atoms with E-state index in [0.29, 0.717) is 23.6 Å². The number of benzene rings is 2. The number of methoxy groups -OCH3 is 2. The van der Waals surface area contributed by atoms with E-state index in [0.717, 1.165) is 22.5 Å². The number of ether oxygens (including phenoxy) is 2. The van der Waals surface area contributed by atoms with E-state index in [1.54, 1.807) is 20.4 Å². The van der Waals surface area contributed by atoms with Gasteiger partial charge in [-0.25, -0.2) is 4.79 Å². The van der Waals surface area contributed by atoms with Gasteiger partial charge in [-0.2, -0.15) is 0 Å². The molecule has 1 heterocycles. The van der Waals surface area contributed by atoms with E-state index in [2.05, 4.69) is 0 Å². The third-order valence-electron chi connectivity index (χ3n) is 4.47. The molecule has 0 fully saturated rings. The lowest BCUT2D eigenvalue weighted by molar-refractivity contribution is -0.135. The van der Waals surface area contributed by atoms with Crippen molar-refractivity contribution in [3.05, 3.63) is 71.6 Å². The number of aliphatic carboxylic acids is 1. The number of fused-ring (bicyclic) bond motifs is 1. The summed E-state index contributed by atoms with van der Waals surface area (Å²) in [6, 6.07) is 13.1. The number of hydrogen-bond donors (Lipinski definition) is 3. The zero-order valence-electron chi connectivity index (χ0n) is 15.5. The van der Waals surface area contributed by atoms with Gasteiger partial charge in [-0.05, 0) is 29.8 Å². The Morgan fingerprint density at radius 2 is 1.82 bits per heavy atom. The maximum absolute atomic E-state index is 10.8. The summed E-state index contributed by atoms with van der Waals surface area (Å²) >= 11 is 0. The molecule has 7 nitrogen and oxygen atoms in total. The van der Waals surface area contributed by atoms with Crippen LogP contribution in [0, 0.1) is 0 Å². The molecule has 0 saturated carbocycles. The van der Waals surface area contributed by atoms with Gasteiger partial charge < -0.3 is 29.4 Å². The molecule has 1 aromatic heterocycles. The minimum absolute atomic E-state index is 0.502. The molecule has 1 atom stereocenters. The Kier molecular flexibility index (Phi) is 5.56. The van der Waals surface area contributed by atoms with Crippen molar-refractivity contribution in [2.24, 2.45) is 0 Å². The summed E-state index contributed by atoms with van der Waals surface area (Å²) in [6.45, 7) is 0.502. The molecule has 0 bridgehead atoms. The van der Waals surface area contributed by atoms with E-state index < -0.39 is 17.8 Å². The predicted molar refractivity (Wildman–Crippen MR) is 104 cm³/mol. The van der Waals surface area contributed by atoms with E-state index in [9.17, 15) is 15.0 Å². The molecule has 146 valence electrons. The van der Waals surface area contributed by atoms with Crippen LogP contribution in [0.2, 0.25) is 0 Å². The lowest BCUT2D eigenvalue weighted by atomic mass is 10.1.